The molecular formula is C46H76O9. The van der Waals surface area contributed by atoms with Gasteiger partial charge in [0, 0.05) is 24.9 Å². The summed E-state index contributed by atoms with van der Waals surface area (Å²) in [4.78, 5) is 49.9. The van der Waals surface area contributed by atoms with Gasteiger partial charge in [0.1, 0.15) is 12.2 Å². The van der Waals surface area contributed by atoms with Crippen LogP contribution >= 0.6 is 0 Å². The second-order valence-electron chi connectivity index (χ2n) is 20.0. The fourth-order valence-corrected chi connectivity index (χ4v) is 14.9. The highest BCUT2D eigenvalue weighted by Crippen LogP contribution is 2.74. The van der Waals surface area contributed by atoms with Gasteiger partial charge in [0.05, 0.1) is 42.0 Å². The zero-order valence-electron chi connectivity index (χ0n) is 31.9. The maximum Gasteiger partial charge on any atom is 0.311 e. The zero-order valence-corrected chi connectivity index (χ0v) is 31.9. The van der Waals surface area contributed by atoms with Gasteiger partial charge in [-0.05, 0) is 137 Å². The van der Waals surface area contributed by atoms with Gasteiger partial charge in [0.2, 0.25) is 0 Å². The Labute approximate surface area is 332 Å². The summed E-state index contributed by atoms with van der Waals surface area (Å²) in [5.41, 5.74) is -0.870. The highest BCUT2D eigenvalue weighted by Gasteiger charge is 2.74. The predicted molar refractivity (Wildman–Crippen MR) is 211 cm³/mol. The van der Waals surface area contributed by atoms with Gasteiger partial charge in [-0.3, -0.25) is 19.2 Å². The third-order valence-electron chi connectivity index (χ3n) is 17.8. The molecule has 9 heteroatoms. The normalized spacial score (nSPS) is 47.7. The van der Waals surface area contributed by atoms with Gasteiger partial charge in [0.15, 0.2) is 0 Å². The number of hydrogen-bond acceptors (Lipinski definition) is 9. The molecule has 2 heterocycles. The number of ether oxygens (including phenoxy) is 5. The Morgan fingerprint density at radius 2 is 0.927 bits per heavy atom. The lowest BCUT2D eigenvalue weighted by Gasteiger charge is -2.44. The van der Waals surface area contributed by atoms with Crippen molar-refractivity contribution in [3.05, 3.63) is 0 Å². The topological polar surface area (TPSA) is 114 Å². The summed E-state index contributed by atoms with van der Waals surface area (Å²) >= 11 is 0. The van der Waals surface area contributed by atoms with E-state index in [4.69, 9.17) is 23.7 Å². The quantitative estimate of drug-likeness (QED) is 0.143. The SMILES string of the molecule is C.C.C.C.CCC(C)(C)C(=O)OC1C(C)C2CC1C1C3CC(C4COC(=O)C43)C21.CCC(C)(C)C(=O)OC1C2CC(C1OC)C1C3CC(C4C(=O)OCC34)C21. The minimum atomic E-state index is -0.464. The molecule has 0 N–H and O–H groups in total. The van der Waals surface area contributed by atoms with E-state index in [0.717, 1.165) is 31.6 Å². The number of cyclic esters (lactones) is 2. The third kappa shape index (κ3) is 5.89. The molecule has 8 aliphatic carbocycles. The molecule has 2 aliphatic heterocycles. The first-order valence-corrected chi connectivity index (χ1v) is 20.5. The summed E-state index contributed by atoms with van der Waals surface area (Å²) in [5, 5.41) is 0. The van der Waals surface area contributed by atoms with E-state index in [-0.39, 0.29) is 83.7 Å². The average Bonchev–Trinajstić information content (AvgIpc) is 3.95. The van der Waals surface area contributed by atoms with Crippen LogP contribution < -0.4 is 0 Å². The van der Waals surface area contributed by atoms with Crippen LogP contribution in [0.5, 0.6) is 0 Å². The lowest BCUT2D eigenvalue weighted by molar-refractivity contribution is -0.178. The molecule has 8 bridgehead atoms. The average molecular weight is 773 g/mol. The molecule has 9 nitrogen and oxygen atoms in total. The van der Waals surface area contributed by atoms with Crippen molar-refractivity contribution in [2.45, 2.75) is 135 Å². The van der Waals surface area contributed by atoms with Crippen LogP contribution in [0.4, 0.5) is 0 Å². The number of rotatable bonds is 7. The van der Waals surface area contributed by atoms with Crippen LogP contribution in [0.2, 0.25) is 0 Å². The molecule has 20 unspecified atom stereocenters. The lowest BCUT2D eigenvalue weighted by Crippen LogP contribution is -2.50. The Hall–Kier alpha value is -2.16. The third-order valence-corrected chi connectivity index (χ3v) is 17.8. The van der Waals surface area contributed by atoms with Crippen molar-refractivity contribution < 1.29 is 42.9 Å². The minimum absolute atomic E-state index is 0. The molecule has 0 aromatic carbocycles. The van der Waals surface area contributed by atoms with Crippen LogP contribution in [0.15, 0.2) is 0 Å². The molecule has 0 spiro atoms. The van der Waals surface area contributed by atoms with Crippen molar-refractivity contribution in [2.75, 3.05) is 20.3 Å². The first-order valence-electron chi connectivity index (χ1n) is 20.5. The Kier molecular flexibility index (Phi) is 11.9. The number of fused-ring (bicyclic) bond motifs is 24. The van der Waals surface area contributed by atoms with Crippen molar-refractivity contribution in [3.63, 3.8) is 0 Å². The van der Waals surface area contributed by atoms with Gasteiger partial charge >= 0.3 is 23.9 Å². The van der Waals surface area contributed by atoms with Crippen molar-refractivity contribution in [1.29, 1.82) is 0 Å². The summed E-state index contributed by atoms with van der Waals surface area (Å²) in [6, 6.07) is 0. The van der Waals surface area contributed by atoms with Crippen LogP contribution in [0.25, 0.3) is 0 Å². The summed E-state index contributed by atoms with van der Waals surface area (Å²) in [7, 11) is 1.75. The molecule has 314 valence electrons. The Morgan fingerprint density at radius 3 is 1.38 bits per heavy atom. The van der Waals surface area contributed by atoms with Crippen LogP contribution in [-0.2, 0) is 42.9 Å². The van der Waals surface area contributed by atoms with E-state index >= 15 is 0 Å². The van der Waals surface area contributed by atoms with Gasteiger partial charge in [-0.15, -0.1) is 0 Å². The second-order valence-corrected chi connectivity index (χ2v) is 20.0. The summed E-state index contributed by atoms with van der Waals surface area (Å²) in [5.74, 6) is 8.09. The van der Waals surface area contributed by atoms with Gasteiger partial charge in [-0.2, -0.15) is 0 Å². The van der Waals surface area contributed by atoms with E-state index in [9.17, 15) is 19.2 Å². The van der Waals surface area contributed by atoms with Gasteiger partial charge in [0.25, 0.3) is 0 Å². The summed E-state index contributed by atoms with van der Waals surface area (Å²) in [6.07, 6.45) is 6.12. The zero-order chi connectivity index (χ0) is 36.0. The monoisotopic (exact) mass is 773 g/mol. The maximum absolute atomic E-state index is 12.7. The molecule has 0 amide bonds. The summed E-state index contributed by atoms with van der Waals surface area (Å²) in [6.45, 7) is 15.5. The Morgan fingerprint density at radius 1 is 0.564 bits per heavy atom. The highest BCUT2D eigenvalue weighted by molar-refractivity contribution is 5.78. The summed E-state index contributed by atoms with van der Waals surface area (Å²) < 4.78 is 28.9. The van der Waals surface area contributed by atoms with Crippen molar-refractivity contribution in [2.24, 2.45) is 111 Å². The fraction of sp³-hybridized carbons (Fsp3) is 0.913. The van der Waals surface area contributed by atoms with Crippen LogP contribution in [0.3, 0.4) is 0 Å². The molecule has 0 aromatic heterocycles. The maximum atomic E-state index is 12.7. The number of esters is 4. The van der Waals surface area contributed by atoms with E-state index < -0.39 is 10.8 Å². The van der Waals surface area contributed by atoms with E-state index in [1.165, 1.54) is 12.8 Å². The number of carbonyl (C=O) groups is 4. The van der Waals surface area contributed by atoms with Crippen LogP contribution in [0, 0.1) is 111 Å². The Balaban J connectivity index is 0.000000197. The Bertz CT molecular complexity index is 1490. The molecular weight excluding hydrogens is 696 g/mol. The molecule has 0 radical (unpaired) electrons. The predicted octanol–water partition coefficient (Wildman–Crippen LogP) is 8.51. The van der Waals surface area contributed by atoms with E-state index in [0.29, 0.717) is 96.1 Å². The molecule has 10 fully saturated rings. The van der Waals surface area contributed by atoms with Crippen LogP contribution in [0.1, 0.15) is 117 Å². The van der Waals surface area contributed by atoms with E-state index in [2.05, 4.69) is 6.92 Å². The molecule has 2 saturated heterocycles. The van der Waals surface area contributed by atoms with E-state index in [1.54, 1.807) is 7.11 Å². The highest BCUT2D eigenvalue weighted by atomic mass is 16.6. The first kappa shape index (κ1) is 44.0. The lowest BCUT2D eigenvalue weighted by atomic mass is 9.61. The largest absolute Gasteiger partial charge is 0.465 e. The molecule has 20 atom stereocenters. The standard InChI is InChI=1S/C21H30O5.C21H30O4.4CH4/c1-5-21(2,3)20(23)26-18-12-7-11(17(18)24-4)14-9-6-10(15(12)14)16-13(9)8-25-19(16)22;1-5-21(3,4)20(23)25-18-9(2)10-6-13(18)16-12-7-11(15(10)16)14-8-24-19(22)17(12)14;;;;/h9-18H,5-8H2,1-4H3;9-18H,5-8H2,1-4H3;4*1H4. The second kappa shape index (κ2) is 14.9. The molecule has 55 heavy (non-hydrogen) atoms. The van der Waals surface area contributed by atoms with Gasteiger partial charge in [-0.1, -0.05) is 50.5 Å². The van der Waals surface area contributed by atoms with Crippen molar-refractivity contribution in [3.8, 4) is 0 Å². The molecule has 10 aliphatic rings. The molecule has 8 saturated carbocycles. The van der Waals surface area contributed by atoms with E-state index in [1.807, 2.05) is 41.5 Å². The smallest absolute Gasteiger partial charge is 0.311 e. The number of methoxy groups -OCH3 is 1. The van der Waals surface area contributed by atoms with Crippen molar-refractivity contribution >= 4 is 23.9 Å². The van der Waals surface area contributed by atoms with Gasteiger partial charge in [-0.25, -0.2) is 0 Å². The molecule has 10 rings (SSSR count). The number of hydrogen-bond donors (Lipinski definition) is 0. The van der Waals surface area contributed by atoms with Gasteiger partial charge < -0.3 is 23.7 Å². The van der Waals surface area contributed by atoms with Crippen LogP contribution in [-0.4, -0.2) is 62.5 Å². The fourth-order valence-electron chi connectivity index (χ4n) is 14.9. The first-order chi connectivity index (χ1) is 24.2. The number of carbonyl (C=O) groups excluding carboxylic acids is 4. The molecule has 0 aromatic rings. The van der Waals surface area contributed by atoms with Crippen molar-refractivity contribution in [1.82, 2.24) is 0 Å². The minimum Gasteiger partial charge on any atom is -0.465 e.